The average Bonchev–Trinajstić information content (AvgIpc) is 3.32. The quantitative estimate of drug-likeness (QED) is 0.757. The molecule has 2 N–H and O–H groups in total. The molecule has 2 aromatic heterocycles. The minimum atomic E-state index is -0.196. The Kier molecular flexibility index (Phi) is 4.51. The Morgan fingerprint density at radius 2 is 1.96 bits per heavy atom. The normalized spacial score (nSPS) is 20.0. The fourth-order valence-corrected chi connectivity index (χ4v) is 3.45. The Morgan fingerprint density at radius 3 is 2.65 bits per heavy atom. The summed E-state index contributed by atoms with van der Waals surface area (Å²) in [5.41, 5.74) is 2.07. The minimum Gasteiger partial charge on any atom is -0.347 e. The molecule has 1 saturated carbocycles. The zero-order chi connectivity index (χ0) is 17.9. The number of aromatic nitrogens is 5. The Bertz CT molecular complexity index is 876. The van der Waals surface area contributed by atoms with Gasteiger partial charge in [0.05, 0.1) is 12.2 Å². The van der Waals surface area contributed by atoms with Gasteiger partial charge in [-0.25, -0.2) is 4.98 Å². The maximum absolute atomic E-state index is 12.4. The number of carbonyl (C=O) groups excluding carboxylic acids is 1. The van der Waals surface area contributed by atoms with Crippen LogP contribution in [0.15, 0.2) is 42.7 Å². The summed E-state index contributed by atoms with van der Waals surface area (Å²) in [6, 6.07) is 10.2. The van der Waals surface area contributed by atoms with E-state index < -0.39 is 0 Å². The Labute approximate surface area is 151 Å². The number of benzene rings is 1. The van der Waals surface area contributed by atoms with Crippen LogP contribution < -0.4 is 5.32 Å². The van der Waals surface area contributed by atoms with E-state index in [0.29, 0.717) is 11.9 Å². The molecule has 0 saturated heterocycles. The molecule has 1 aliphatic carbocycles. The SMILES string of the molecule is Cc1cnn(C2CCC(NC(=O)c3nc(-c4ccccc4)n[nH]3)CC2)c1. The molecule has 3 aromatic rings. The maximum Gasteiger partial charge on any atom is 0.288 e. The van der Waals surface area contributed by atoms with Crippen LogP contribution in [-0.2, 0) is 0 Å². The summed E-state index contributed by atoms with van der Waals surface area (Å²) in [6.45, 7) is 2.05. The highest BCUT2D eigenvalue weighted by Gasteiger charge is 2.25. The van der Waals surface area contributed by atoms with Crippen molar-refractivity contribution in [2.75, 3.05) is 0 Å². The first kappa shape index (κ1) is 16.5. The summed E-state index contributed by atoms with van der Waals surface area (Å²) in [6.07, 6.45) is 7.88. The van der Waals surface area contributed by atoms with Crippen molar-refractivity contribution in [2.24, 2.45) is 0 Å². The third kappa shape index (κ3) is 3.51. The van der Waals surface area contributed by atoms with E-state index in [1.54, 1.807) is 0 Å². The standard InChI is InChI=1S/C19H22N6O/c1-13-11-20-25(12-13)16-9-7-15(8-10-16)21-19(26)18-22-17(23-24-18)14-5-3-2-4-6-14/h2-6,11-12,15-16H,7-10H2,1H3,(H,21,26)(H,22,23,24). The van der Waals surface area contributed by atoms with Crippen molar-refractivity contribution in [1.29, 1.82) is 0 Å². The maximum atomic E-state index is 12.4. The number of hydrogen-bond donors (Lipinski definition) is 2. The van der Waals surface area contributed by atoms with Crippen LogP contribution in [0.1, 0.15) is 47.9 Å². The Morgan fingerprint density at radius 1 is 1.19 bits per heavy atom. The predicted octanol–water partition coefficient (Wildman–Crippen LogP) is 2.89. The third-order valence-electron chi connectivity index (χ3n) is 4.87. The molecule has 0 aliphatic heterocycles. The summed E-state index contributed by atoms with van der Waals surface area (Å²) >= 11 is 0. The highest BCUT2D eigenvalue weighted by Crippen LogP contribution is 2.28. The van der Waals surface area contributed by atoms with Crippen molar-refractivity contribution in [3.8, 4) is 11.4 Å². The van der Waals surface area contributed by atoms with E-state index in [0.717, 1.165) is 31.2 Å². The molecular formula is C19H22N6O. The lowest BCUT2D eigenvalue weighted by Gasteiger charge is -2.29. The molecule has 1 aromatic carbocycles. The second-order valence-corrected chi connectivity index (χ2v) is 6.85. The smallest absolute Gasteiger partial charge is 0.288 e. The molecule has 0 unspecified atom stereocenters. The monoisotopic (exact) mass is 350 g/mol. The van der Waals surface area contributed by atoms with Crippen LogP contribution in [-0.4, -0.2) is 36.9 Å². The van der Waals surface area contributed by atoms with Crippen LogP contribution in [0.4, 0.5) is 0 Å². The van der Waals surface area contributed by atoms with Gasteiger partial charge in [0, 0.05) is 17.8 Å². The number of aryl methyl sites for hydroxylation is 1. The largest absolute Gasteiger partial charge is 0.347 e. The molecule has 0 radical (unpaired) electrons. The highest BCUT2D eigenvalue weighted by atomic mass is 16.2. The number of hydrogen-bond acceptors (Lipinski definition) is 4. The number of rotatable bonds is 4. The van der Waals surface area contributed by atoms with Gasteiger partial charge < -0.3 is 5.32 Å². The van der Waals surface area contributed by atoms with Crippen molar-refractivity contribution >= 4 is 5.91 Å². The molecule has 1 aliphatic rings. The summed E-state index contributed by atoms with van der Waals surface area (Å²) in [5, 5.41) is 14.4. The van der Waals surface area contributed by atoms with Gasteiger partial charge in [0.25, 0.3) is 5.91 Å². The van der Waals surface area contributed by atoms with Gasteiger partial charge >= 0.3 is 0 Å². The van der Waals surface area contributed by atoms with E-state index in [-0.39, 0.29) is 17.8 Å². The van der Waals surface area contributed by atoms with Crippen molar-refractivity contribution in [3.63, 3.8) is 0 Å². The lowest BCUT2D eigenvalue weighted by molar-refractivity contribution is 0.0911. The number of amides is 1. The van der Waals surface area contributed by atoms with E-state index in [1.807, 2.05) is 36.5 Å². The summed E-state index contributed by atoms with van der Waals surface area (Å²) in [4.78, 5) is 16.8. The molecule has 0 atom stereocenters. The van der Waals surface area contributed by atoms with Gasteiger partial charge in [0.15, 0.2) is 5.82 Å². The van der Waals surface area contributed by atoms with E-state index in [9.17, 15) is 4.79 Å². The van der Waals surface area contributed by atoms with Gasteiger partial charge in [-0.15, -0.1) is 0 Å². The number of aromatic amines is 1. The van der Waals surface area contributed by atoms with Crippen LogP contribution in [0.3, 0.4) is 0 Å². The van der Waals surface area contributed by atoms with Gasteiger partial charge in [-0.1, -0.05) is 30.3 Å². The topological polar surface area (TPSA) is 88.5 Å². The number of nitrogens with one attached hydrogen (secondary N) is 2. The molecule has 4 rings (SSSR count). The average molecular weight is 350 g/mol. The first-order valence-electron chi connectivity index (χ1n) is 8.98. The molecule has 2 heterocycles. The molecule has 134 valence electrons. The molecule has 0 bridgehead atoms. The van der Waals surface area contributed by atoms with Gasteiger partial charge in [0.2, 0.25) is 5.82 Å². The number of carbonyl (C=O) groups is 1. The highest BCUT2D eigenvalue weighted by molar-refractivity contribution is 5.91. The molecule has 7 heteroatoms. The van der Waals surface area contributed by atoms with Gasteiger partial charge in [-0.2, -0.15) is 10.2 Å². The van der Waals surface area contributed by atoms with E-state index in [4.69, 9.17) is 0 Å². The molecule has 1 fully saturated rings. The number of H-pyrrole nitrogens is 1. The fraction of sp³-hybridized carbons (Fsp3) is 0.368. The third-order valence-corrected chi connectivity index (χ3v) is 4.87. The van der Waals surface area contributed by atoms with Crippen LogP contribution in [0, 0.1) is 6.92 Å². The van der Waals surface area contributed by atoms with Crippen LogP contribution in [0.5, 0.6) is 0 Å². The fourth-order valence-electron chi connectivity index (χ4n) is 3.45. The van der Waals surface area contributed by atoms with Crippen molar-refractivity contribution < 1.29 is 4.79 Å². The van der Waals surface area contributed by atoms with Crippen molar-refractivity contribution in [1.82, 2.24) is 30.3 Å². The van der Waals surface area contributed by atoms with E-state index in [2.05, 4.69) is 43.4 Å². The second-order valence-electron chi connectivity index (χ2n) is 6.85. The zero-order valence-electron chi connectivity index (χ0n) is 14.7. The molecule has 0 spiro atoms. The van der Waals surface area contributed by atoms with Crippen molar-refractivity contribution in [3.05, 3.63) is 54.1 Å². The Hall–Kier alpha value is -2.96. The number of nitrogens with zero attached hydrogens (tertiary/aromatic N) is 4. The van der Waals surface area contributed by atoms with Crippen molar-refractivity contribution in [2.45, 2.75) is 44.7 Å². The predicted molar refractivity (Wildman–Crippen MR) is 97.5 cm³/mol. The van der Waals surface area contributed by atoms with Gasteiger partial charge in [-0.3, -0.25) is 14.6 Å². The second kappa shape index (κ2) is 7.11. The molecule has 26 heavy (non-hydrogen) atoms. The zero-order valence-corrected chi connectivity index (χ0v) is 14.7. The van der Waals surface area contributed by atoms with Gasteiger partial charge in [0.1, 0.15) is 0 Å². The lowest BCUT2D eigenvalue weighted by Crippen LogP contribution is -2.38. The van der Waals surface area contributed by atoms with Crippen LogP contribution in [0.2, 0.25) is 0 Å². The van der Waals surface area contributed by atoms with Gasteiger partial charge in [-0.05, 0) is 38.2 Å². The summed E-state index contributed by atoms with van der Waals surface area (Å²) in [7, 11) is 0. The molecule has 7 nitrogen and oxygen atoms in total. The Balaban J connectivity index is 1.34. The lowest BCUT2D eigenvalue weighted by atomic mass is 9.91. The molecular weight excluding hydrogens is 328 g/mol. The van der Waals surface area contributed by atoms with E-state index in [1.165, 1.54) is 5.56 Å². The first-order chi connectivity index (χ1) is 12.7. The summed E-state index contributed by atoms with van der Waals surface area (Å²) in [5.74, 6) is 0.597. The van der Waals surface area contributed by atoms with Crippen LogP contribution in [0.25, 0.3) is 11.4 Å². The summed E-state index contributed by atoms with van der Waals surface area (Å²) < 4.78 is 2.05. The van der Waals surface area contributed by atoms with Crippen LogP contribution >= 0.6 is 0 Å². The first-order valence-corrected chi connectivity index (χ1v) is 8.98. The minimum absolute atomic E-state index is 0.167. The molecule has 1 amide bonds. The van der Waals surface area contributed by atoms with E-state index >= 15 is 0 Å².